The first-order chi connectivity index (χ1) is 9.20. The number of anilines is 1. The van der Waals surface area contributed by atoms with Crippen molar-refractivity contribution in [2.75, 3.05) is 11.9 Å². The molecule has 1 aromatic carbocycles. The van der Waals surface area contributed by atoms with E-state index in [2.05, 4.69) is 48.3 Å². The fourth-order valence-corrected chi connectivity index (χ4v) is 3.03. The molecule has 104 valence electrons. The SMILES string of the molecule is CCc1cccc(NC(=S)N2CCCCCC2C)c1. The predicted molar refractivity (Wildman–Crippen MR) is 86.7 cm³/mol. The van der Waals surface area contributed by atoms with Gasteiger partial charge in [0.25, 0.3) is 0 Å². The van der Waals surface area contributed by atoms with E-state index in [0.717, 1.165) is 23.8 Å². The lowest BCUT2D eigenvalue weighted by Gasteiger charge is -2.30. The molecule has 0 aromatic heterocycles. The van der Waals surface area contributed by atoms with Gasteiger partial charge in [-0.05, 0) is 56.1 Å². The van der Waals surface area contributed by atoms with Gasteiger partial charge in [0, 0.05) is 18.3 Å². The van der Waals surface area contributed by atoms with Crippen molar-refractivity contribution in [2.24, 2.45) is 0 Å². The van der Waals surface area contributed by atoms with Crippen LogP contribution in [0.1, 0.15) is 45.1 Å². The summed E-state index contributed by atoms with van der Waals surface area (Å²) < 4.78 is 0. The summed E-state index contributed by atoms with van der Waals surface area (Å²) in [6.45, 7) is 5.54. The lowest BCUT2D eigenvalue weighted by Crippen LogP contribution is -2.40. The van der Waals surface area contributed by atoms with Crippen molar-refractivity contribution in [3.63, 3.8) is 0 Å². The van der Waals surface area contributed by atoms with E-state index < -0.39 is 0 Å². The maximum absolute atomic E-state index is 5.59. The van der Waals surface area contributed by atoms with Crippen molar-refractivity contribution in [1.29, 1.82) is 0 Å². The van der Waals surface area contributed by atoms with Crippen molar-refractivity contribution >= 4 is 23.0 Å². The fourth-order valence-electron chi connectivity index (χ4n) is 2.64. The van der Waals surface area contributed by atoms with Crippen LogP contribution in [0, 0.1) is 0 Å². The van der Waals surface area contributed by atoms with Crippen LogP contribution in [0.15, 0.2) is 24.3 Å². The quantitative estimate of drug-likeness (QED) is 0.815. The Kier molecular flexibility index (Phi) is 5.20. The van der Waals surface area contributed by atoms with Gasteiger partial charge in [-0.25, -0.2) is 0 Å². The normalized spacial score (nSPS) is 19.9. The molecule has 0 radical (unpaired) electrons. The largest absolute Gasteiger partial charge is 0.346 e. The molecule has 0 spiro atoms. The van der Waals surface area contributed by atoms with E-state index in [4.69, 9.17) is 12.2 Å². The Labute approximate surface area is 122 Å². The summed E-state index contributed by atoms with van der Waals surface area (Å²) in [7, 11) is 0. The van der Waals surface area contributed by atoms with Gasteiger partial charge in [-0.2, -0.15) is 0 Å². The number of nitrogens with one attached hydrogen (secondary N) is 1. The molecule has 1 fully saturated rings. The van der Waals surface area contributed by atoms with Gasteiger partial charge in [0.15, 0.2) is 5.11 Å². The molecule has 1 aliphatic heterocycles. The van der Waals surface area contributed by atoms with Crippen molar-refractivity contribution in [3.8, 4) is 0 Å². The van der Waals surface area contributed by atoms with Gasteiger partial charge in [0.2, 0.25) is 0 Å². The van der Waals surface area contributed by atoms with Crippen LogP contribution in [-0.2, 0) is 6.42 Å². The van der Waals surface area contributed by atoms with Crippen LogP contribution in [0.25, 0.3) is 0 Å². The van der Waals surface area contributed by atoms with Crippen molar-refractivity contribution in [2.45, 2.75) is 52.0 Å². The molecule has 0 saturated carbocycles. The summed E-state index contributed by atoms with van der Waals surface area (Å²) in [5.74, 6) is 0. The second-order valence-corrected chi connectivity index (χ2v) is 5.76. The minimum atomic E-state index is 0.553. The maximum atomic E-state index is 5.59. The van der Waals surface area contributed by atoms with E-state index in [1.54, 1.807) is 0 Å². The molecule has 1 unspecified atom stereocenters. The molecule has 2 nitrogen and oxygen atoms in total. The fraction of sp³-hybridized carbons (Fsp3) is 0.562. The molecule has 3 heteroatoms. The zero-order chi connectivity index (χ0) is 13.7. The molecular weight excluding hydrogens is 252 g/mol. The lowest BCUT2D eigenvalue weighted by molar-refractivity contribution is 0.341. The molecule has 1 saturated heterocycles. The van der Waals surface area contributed by atoms with Gasteiger partial charge in [-0.1, -0.05) is 31.9 Å². The van der Waals surface area contributed by atoms with Gasteiger partial charge in [-0.15, -0.1) is 0 Å². The second kappa shape index (κ2) is 6.90. The number of rotatable bonds is 2. The summed E-state index contributed by atoms with van der Waals surface area (Å²) in [6.07, 6.45) is 6.21. The summed E-state index contributed by atoms with van der Waals surface area (Å²) >= 11 is 5.59. The molecule has 0 bridgehead atoms. The van der Waals surface area contributed by atoms with Crippen LogP contribution in [0.2, 0.25) is 0 Å². The Bertz CT molecular complexity index is 431. The van der Waals surface area contributed by atoms with E-state index in [1.165, 1.54) is 31.2 Å². The third-order valence-corrected chi connectivity index (χ3v) is 4.24. The molecule has 0 amide bonds. The summed E-state index contributed by atoms with van der Waals surface area (Å²) in [4.78, 5) is 2.35. The van der Waals surface area contributed by atoms with Crippen LogP contribution < -0.4 is 5.32 Å². The first kappa shape index (κ1) is 14.3. The average molecular weight is 276 g/mol. The minimum absolute atomic E-state index is 0.553. The number of hydrogen-bond donors (Lipinski definition) is 1. The Morgan fingerprint density at radius 1 is 1.37 bits per heavy atom. The molecule has 1 aliphatic rings. The van der Waals surface area contributed by atoms with Crippen molar-refractivity contribution < 1.29 is 0 Å². The monoisotopic (exact) mass is 276 g/mol. The highest BCUT2D eigenvalue weighted by Gasteiger charge is 2.19. The number of aryl methyl sites for hydroxylation is 1. The maximum Gasteiger partial charge on any atom is 0.173 e. The zero-order valence-electron chi connectivity index (χ0n) is 12.0. The first-order valence-electron chi connectivity index (χ1n) is 7.37. The van der Waals surface area contributed by atoms with Crippen LogP contribution in [0.4, 0.5) is 5.69 Å². The molecule has 2 rings (SSSR count). The molecule has 19 heavy (non-hydrogen) atoms. The van der Waals surface area contributed by atoms with Gasteiger partial charge in [-0.3, -0.25) is 0 Å². The van der Waals surface area contributed by atoms with Gasteiger partial charge in [0.05, 0.1) is 0 Å². The molecular formula is C16H24N2S. The van der Waals surface area contributed by atoms with Gasteiger partial charge < -0.3 is 10.2 Å². The van der Waals surface area contributed by atoms with Crippen molar-refractivity contribution in [1.82, 2.24) is 4.90 Å². The van der Waals surface area contributed by atoms with Gasteiger partial charge in [0.1, 0.15) is 0 Å². The molecule has 1 aromatic rings. The number of benzene rings is 1. The Balaban J connectivity index is 2.02. The topological polar surface area (TPSA) is 15.3 Å². The highest BCUT2D eigenvalue weighted by atomic mass is 32.1. The first-order valence-corrected chi connectivity index (χ1v) is 7.78. The van der Waals surface area contributed by atoms with E-state index in [9.17, 15) is 0 Å². The third-order valence-electron chi connectivity index (χ3n) is 3.90. The molecule has 1 atom stereocenters. The Morgan fingerprint density at radius 3 is 3.00 bits per heavy atom. The number of thiocarbonyl (C=S) groups is 1. The third kappa shape index (κ3) is 3.93. The summed E-state index contributed by atoms with van der Waals surface area (Å²) in [5, 5.41) is 4.28. The number of likely N-dealkylation sites (tertiary alicyclic amines) is 1. The van der Waals surface area contributed by atoms with Crippen LogP contribution in [0.3, 0.4) is 0 Å². The lowest BCUT2D eigenvalue weighted by atomic mass is 10.1. The predicted octanol–water partition coefficient (Wildman–Crippen LogP) is 4.21. The zero-order valence-corrected chi connectivity index (χ0v) is 12.8. The van der Waals surface area contributed by atoms with Gasteiger partial charge >= 0.3 is 0 Å². The smallest absolute Gasteiger partial charge is 0.173 e. The highest BCUT2D eigenvalue weighted by Crippen LogP contribution is 2.18. The molecule has 1 N–H and O–H groups in total. The average Bonchev–Trinajstić information content (AvgIpc) is 2.63. The second-order valence-electron chi connectivity index (χ2n) is 5.38. The van der Waals surface area contributed by atoms with E-state index in [0.29, 0.717) is 6.04 Å². The standard InChI is InChI=1S/C16H24N2S/c1-3-14-9-7-10-15(12-14)17-16(19)18-11-6-4-5-8-13(18)2/h7,9-10,12-13H,3-6,8,11H2,1-2H3,(H,17,19). The van der Waals surface area contributed by atoms with Crippen LogP contribution in [0.5, 0.6) is 0 Å². The number of hydrogen-bond acceptors (Lipinski definition) is 1. The van der Waals surface area contributed by atoms with E-state index in [1.807, 2.05) is 0 Å². The minimum Gasteiger partial charge on any atom is -0.346 e. The number of nitrogens with zero attached hydrogens (tertiary/aromatic N) is 1. The van der Waals surface area contributed by atoms with Crippen LogP contribution >= 0.6 is 12.2 Å². The Hall–Kier alpha value is -1.09. The van der Waals surface area contributed by atoms with Crippen LogP contribution in [-0.4, -0.2) is 22.6 Å². The van der Waals surface area contributed by atoms with Crippen molar-refractivity contribution in [3.05, 3.63) is 29.8 Å². The van der Waals surface area contributed by atoms with E-state index in [-0.39, 0.29) is 0 Å². The highest BCUT2D eigenvalue weighted by molar-refractivity contribution is 7.80. The molecule has 1 heterocycles. The summed E-state index contributed by atoms with van der Waals surface area (Å²) in [5.41, 5.74) is 2.46. The summed E-state index contributed by atoms with van der Waals surface area (Å²) in [6, 6.07) is 9.08. The van der Waals surface area contributed by atoms with E-state index >= 15 is 0 Å². The molecule has 0 aliphatic carbocycles. The Morgan fingerprint density at radius 2 is 2.21 bits per heavy atom.